The lowest BCUT2D eigenvalue weighted by molar-refractivity contribution is -0.00470. The van der Waals surface area contributed by atoms with Crippen molar-refractivity contribution in [2.45, 2.75) is 31.7 Å². The third-order valence-corrected chi connectivity index (χ3v) is 6.81. The van der Waals surface area contributed by atoms with Crippen molar-refractivity contribution < 1.29 is 13.9 Å². The average molecular weight is 382 g/mol. The molecule has 4 heterocycles. The van der Waals surface area contributed by atoms with Gasteiger partial charge in [-0.15, -0.1) is 11.3 Å². The minimum atomic E-state index is -0.527. The first-order valence-electron chi connectivity index (χ1n) is 8.20. The van der Waals surface area contributed by atoms with Crippen molar-refractivity contribution >= 4 is 28.8 Å². The third kappa shape index (κ3) is 2.33. The van der Waals surface area contributed by atoms with Gasteiger partial charge in [0.2, 0.25) is 5.28 Å². The van der Waals surface area contributed by atoms with Crippen LogP contribution in [0, 0.1) is 5.82 Å². The van der Waals surface area contributed by atoms with Crippen LogP contribution in [0.25, 0.3) is 10.6 Å². The van der Waals surface area contributed by atoms with E-state index in [4.69, 9.17) is 16.3 Å². The Morgan fingerprint density at radius 3 is 2.84 bits per heavy atom. The van der Waals surface area contributed by atoms with Gasteiger partial charge in [0.15, 0.2) is 5.82 Å². The van der Waals surface area contributed by atoms with E-state index in [9.17, 15) is 9.18 Å². The first-order chi connectivity index (χ1) is 12.0. The zero-order valence-electron chi connectivity index (χ0n) is 13.9. The molecule has 0 aromatic carbocycles. The number of nitrogens with zero attached hydrogens (tertiary/aromatic N) is 3. The highest BCUT2D eigenvalue weighted by Gasteiger charge is 2.51. The maximum atomic E-state index is 14.3. The molecule has 1 saturated heterocycles. The summed E-state index contributed by atoms with van der Waals surface area (Å²) in [5.74, 6) is -0.530. The van der Waals surface area contributed by atoms with Gasteiger partial charge < -0.3 is 9.64 Å². The first-order valence-corrected chi connectivity index (χ1v) is 9.39. The van der Waals surface area contributed by atoms with Crippen LogP contribution in [-0.4, -0.2) is 41.0 Å². The minimum Gasteiger partial charge on any atom is -0.381 e. The van der Waals surface area contributed by atoms with Crippen LogP contribution in [-0.2, 0) is 16.7 Å². The van der Waals surface area contributed by atoms with E-state index in [2.05, 4.69) is 9.97 Å². The number of carbonyl (C=O) groups is 1. The Labute approximate surface area is 153 Å². The number of fused-ring (bicyclic) bond motifs is 2. The molecule has 0 N–H and O–H groups in total. The topological polar surface area (TPSA) is 55.3 Å². The largest absolute Gasteiger partial charge is 0.381 e. The molecule has 0 bridgehead atoms. The SMILES string of the molecule is CCc1c(-c2nc(Cl)ncc2F)sc2c1C(=O)N(C)C21CCOCC1. The fourth-order valence-corrected chi connectivity index (χ4v) is 5.63. The lowest BCUT2D eigenvalue weighted by Gasteiger charge is -2.39. The lowest BCUT2D eigenvalue weighted by Crippen LogP contribution is -2.45. The Bertz CT molecular complexity index is 864. The second-order valence-electron chi connectivity index (χ2n) is 6.31. The highest BCUT2D eigenvalue weighted by atomic mass is 35.5. The van der Waals surface area contributed by atoms with Gasteiger partial charge in [0.25, 0.3) is 5.91 Å². The number of rotatable bonds is 2. The molecule has 0 aliphatic carbocycles. The molecule has 2 aliphatic rings. The van der Waals surface area contributed by atoms with Crippen molar-refractivity contribution in [1.82, 2.24) is 14.9 Å². The summed E-state index contributed by atoms with van der Waals surface area (Å²) in [4.78, 5) is 24.3. The summed E-state index contributed by atoms with van der Waals surface area (Å²) in [6.07, 6.45) is 3.19. The van der Waals surface area contributed by atoms with E-state index in [1.807, 2.05) is 18.9 Å². The van der Waals surface area contributed by atoms with Crippen LogP contribution < -0.4 is 0 Å². The predicted octanol–water partition coefficient (Wildman–Crippen LogP) is 3.65. The fraction of sp³-hybridized carbons (Fsp3) is 0.471. The molecule has 1 fully saturated rings. The molecule has 5 nitrogen and oxygen atoms in total. The van der Waals surface area contributed by atoms with E-state index < -0.39 is 5.82 Å². The number of hydrogen-bond acceptors (Lipinski definition) is 5. The zero-order chi connectivity index (χ0) is 17.8. The Hall–Kier alpha value is -1.57. The quantitative estimate of drug-likeness (QED) is 0.745. The van der Waals surface area contributed by atoms with Crippen molar-refractivity contribution in [3.63, 3.8) is 0 Å². The second-order valence-corrected chi connectivity index (χ2v) is 7.67. The molecule has 2 aliphatic heterocycles. The molecule has 0 unspecified atom stereocenters. The van der Waals surface area contributed by atoms with Crippen molar-refractivity contribution in [3.8, 4) is 10.6 Å². The molecule has 1 amide bonds. The summed E-state index contributed by atoms with van der Waals surface area (Å²) in [5.41, 5.74) is 1.37. The number of hydrogen-bond donors (Lipinski definition) is 0. The Kier molecular flexibility index (Phi) is 4.05. The highest BCUT2D eigenvalue weighted by Crippen LogP contribution is 2.52. The van der Waals surface area contributed by atoms with Gasteiger partial charge in [-0.3, -0.25) is 4.79 Å². The number of aromatic nitrogens is 2. The number of amides is 1. The van der Waals surface area contributed by atoms with Crippen molar-refractivity contribution in [2.24, 2.45) is 0 Å². The van der Waals surface area contributed by atoms with Crippen LogP contribution in [0.2, 0.25) is 5.28 Å². The van der Waals surface area contributed by atoms with Crippen molar-refractivity contribution in [1.29, 1.82) is 0 Å². The van der Waals surface area contributed by atoms with Crippen LogP contribution in [0.1, 0.15) is 40.6 Å². The molecule has 1 spiro atoms. The summed E-state index contributed by atoms with van der Waals surface area (Å²) >= 11 is 7.33. The molecular formula is C17H17ClFN3O2S. The Morgan fingerprint density at radius 1 is 1.44 bits per heavy atom. The summed E-state index contributed by atoms with van der Waals surface area (Å²) < 4.78 is 19.9. The van der Waals surface area contributed by atoms with E-state index in [0.29, 0.717) is 30.1 Å². The van der Waals surface area contributed by atoms with Crippen LogP contribution in [0.3, 0.4) is 0 Å². The van der Waals surface area contributed by atoms with E-state index in [1.165, 1.54) is 11.3 Å². The van der Waals surface area contributed by atoms with Crippen LogP contribution >= 0.6 is 22.9 Å². The summed E-state index contributed by atoms with van der Waals surface area (Å²) in [6, 6.07) is 0. The van der Waals surface area contributed by atoms with Gasteiger partial charge >= 0.3 is 0 Å². The standard InChI is InChI=1S/C17H17ClFN3O2S/c1-3-9-11-14(17(22(2)15(11)23)4-6-24-7-5-17)25-13(9)12-10(19)8-20-16(18)21-12/h8H,3-7H2,1-2H3. The average Bonchev–Trinajstić information content (AvgIpc) is 3.09. The Morgan fingerprint density at radius 2 is 2.16 bits per heavy atom. The van der Waals surface area contributed by atoms with E-state index in [1.54, 1.807) is 0 Å². The van der Waals surface area contributed by atoms with Crippen molar-refractivity contribution in [2.75, 3.05) is 20.3 Å². The number of carbonyl (C=O) groups excluding carboxylic acids is 1. The molecule has 4 rings (SSSR count). The monoisotopic (exact) mass is 381 g/mol. The maximum absolute atomic E-state index is 14.3. The number of halogens is 2. The minimum absolute atomic E-state index is 0.00295. The molecule has 0 atom stereocenters. The van der Waals surface area contributed by atoms with Crippen molar-refractivity contribution in [3.05, 3.63) is 33.3 Å². The summed E-state index contributed by atoms with van der Waals surface area (Å²) in [7, 11) is 1.85. The van der Waals surface area contributed by atoms with E-state index in [-0.39, 0.29) is 22.4 Å². The van der Waals surface area contributed by atoms with Gasteiger partial charge in [-0.2, -0.15) is 0 Å². The molecule has 0 saturated carbocycles. The molecule has 132 valence electrons. The molecule has 0 radical (unpaired) electrons. The predicted molar refractivity (Wildman–Crippen MR) is 93.5 cm³/mol. The maximum Gasteiger partial charge on any atom is 0.255 e. The zero-order valence-corrected chi connectivity index (χ0v) is 15.5. The van der Waals surface area contributed by atoms with Gasteiger partial charge in [0, 0.05) is 25.1 Å². The van der Waals surface area contributed by atoms with Gasteiger partial charge in [0.05, 0.1) is 22.2 Å². The van der Waals surface area contributed by atoms with Crippen LogP contribution in [0.5, 0.6) is 0 Å². The van der Waals surface area contributed by atoms with Crippen LogP contribution in [0.15, 0.2) is 6.20 Å². The number of ether oxygens (including phenoxy) is 1. The molecule has 8 heteroatoms. The third-order valence-electron chi connectivity index (χ3n) is 5.19. The van der Waals surface area contributed by atoms with Gasteiger partial charge in [-0.1, -0.05) is 6.92 Å². The van der Waals surface area contributed by atoms with Crippen LogP contribution in [0.4, 0.5) is 4.39 Å². The smallest absolute Gasteiger partial charge is 0.255 e. The lowest BCUT2D eigenvalue weighted by atomic mass is 9.88. The number of thiophene rings is 1. The summed E-state index contributed by atoms with van der Waals surface area (Å²) in [6.45, 7) is 3.19. The Balaban J connectivity index is 1.95. The fourth-order valence-electron chi connectivity index (χ4n) is 3.84. The molecule has 2 aromatic heterocycles. The van der Waals surface area contributed by atoms with Gasteiger partial charge in [-0.05, 0) is 36.4 Å². The molecule has 2 aromatic rings. The van der Waals surface area contributed by atoms with Gasteiger partial charge in [0.1, 0.15) is 5.69 Å². The normalized spacial score (nSPS) is 18.9. The molecule has 25 heavy (non-hydrogen) atoms. The van der Waals surface area contributed by atoms with E-state index >= 15 is 0 Å². The highest BCUT2D eigenvalue weighted by molar-refractivity contribution is 7.16. The molecular weight excluding hydrogens is 365 g/mol. The van der Waals surface area contributed by atoms with E-state index in [0.717, 1.165) is 29.5 Å². The van der Waals surface area contributed by atoms with Gasteiger partial charge in [-0.25, -0.2) is 14.4 Å². The first kappa shape index (κ1) is 16.9. The summed E-state index contributed by atoms with van der Waals surface area (Å²) in [5, 5.41) is -0.00348. The second kappa shape index (κ2) is 6.00.